The van der Waals surface area contributed by atoms with Gasteiger partial charge in [0.2, 0.25) is 0 Å². The quantitative estimate of drug-likeness (QED) is 0.467. The van der Waals surface area contributed by atoms with E-state index >= 15 is 0 Å². The highest BCUT2D eigenvalue weighted by Crippen LogP contribution is 2.58. The standard InChI is InChI=1S/C26H32O7S/c1-14(2)18-11-12-26(5,28)25-22(18)23-19(31-6)13-20(21(16(4)27)24(23)32-25)33-34(29,30)17-9-7-15(3)8-10-17/h7-10,13-14,18,22,25,28H,11-12H2,1-6H3/t18-,22+,25-,26-/m0/s1. The highest BCUT2D eigenvalue weighted by Gasteiger charge is 2.55. The third-order valence-corrected chi connectivity index (χ3v) is 8.39. The van der Waals surface area contributed by atoms with Crippen molar-refractivity contribution < 1.29 is 32.0 Å². The van der Waals surface area contributed by atoms with Gasteiger partial charge < -0.3 is 18.8 Å². The largest absolute Gasteiger partial charge is 0.496 e. The number of methoxy groups -OCH3 is 1. The Morgan fingerprint density at radius 1 is 1.21 bits per heavy atom. The van der Waals surface area contributed by atoms with E-state index in [0.29, 0.717) is 23.7 Å². The first-order valence-corrected chi connectivity index (χ1v) is 12.9. The molecule has 0 bridgehead atoms. The minimum atomic E-state index is -4.21. The second kappa shape index (κ2) is 8.57. The molecule has 0 unspecified atom stereocenters. The van der Waals surface area contributed by atoms with Crippen LogP contribution in [0.1, 0.15) is 67.9 Å². The van der Waals surface area contributed by atoms with Crippen LogP contribution in [0.5, 0.6) is 17.2 Å². The van der Waals surface area contributed by atoms with Gasteiger partial charge in [0, 0.05) is 17.5 Å². The number of ketones is 1. The van der Waals surface area contributed by atoms with Gasteiger partial charge in [-0.2, -0.15) is 8.42 Å². The first-order valence-electron chi connectivity index (χ1n) is 11.5. The van der Waals surface area contributed by atoms with Crippen molar-refractivity contribution in [1.82, 2.24) is 0 Å². The molecule has 0 aromatic heterocycles. The molecule has 2 aromatic rings. The molecule has 1 heterocycles. The maximum Gasteiger partial charge on any atom is 0.339 e. The van der Waals surface area contributed by atoms with E-state index in [1.165, 1.54) is 32.2 Å². The molecule has 7 nitrogen and oxygen atoms in total. The van der Waals surface area contributed by atoms with Crippen molar-refractivity contribution >= 4 is 15.9 Å². The summed E-state index contributed by atoms with van der Waals surface area (Å²) in [4.78, 5) is 12.8. The van der Waals surface area contributed by atoms with Gasteiger partial charge in [-0.1, -0.05) is 31.5 Å². The van der Waals surface area contributed by atoms with Gasteiger partial charge in [-0.3, -0.25) is 4.79 Å². The Kier molecular flexibility index (Phi) is 6.19. The molecule has 2 aromatic carbocycles. The van der Waals surface area contributed by atoms with Crippen LogP contribution in [0, 0.1) is 18.8 Å². The summed E-state index contributed by atoms with van der Waals surface area (Å²) in [6.45, 7) is 9.20. The van der Waals surface area contributed by atoms with Gasteiger partial charge in [-0.15, -0.1) is 0 Å². The number of benzene rings is 2. The highest BCUT2D eigenvalue weighted by atomic mass is 32.2. The van der Waals surface area contributed by atoms with Gasteiger partial charge in [0.15, 0.2) is 11.5 Å². The lowest BCUT2D eigenvalue weighted by molar-refractivity contribution is -0.0919. The van der Waals surface area contributed by atoms with Crippen molar-refractivity contribution in [1.29, 1.82) is 0 Å². The highest BCUT2D eigenvalue weighted by molar-refractivity contribution is 7.87. The minimum Gasteiger partial charge on any atom is -0.496 e. The van der Waals surface area contributed by atoms with Crippen LogP contribution in [0.15, 0.2) is 35.2 Å². The second-order valence-electron chi connectivity index (χ2n) is 9.97. The van der Waals surface area contributed by atoms with Gasteiger partial charge in [0.1, 0.15) is 28.1 Å². The molecule has 2 aliphatic rings. The second-order valence-corrected chi connectivity index (χ2v) is 11.5. The zero-order valence-electron chi connectivity index (χ0n) is 20.4. The van der Waals surface area contributed by atoms with Crippen molar-refractivity contribution in [2.24, 2.45) is 11.8 Å². The number of carbonyl (C=O) groups excluding carboxylic acids is 1. The van der Waals surface area contributed by atoms with Crippen LogP contribution < -0.4 is 13.7 Å². The maximum atomic E-state index is 13.0. The summed E-state index contributed by atoms with van der Waals surface area (Å²) in [5.74, 6) is 0.378. The SMILES string of the molecule is COc1cc(OS(=O)(=O)c2ccc(C)cc2)c(C(C)=O)c2c1[C@H]1[C@H](C(C)C)CC[C@](C)(O)[C@H]1O2. The fourth-order valence-corrected chi connectivity index (χ4v) is 6.27. The van der Waals surface area contributed by atoms with E-state index in [0.717, 1.165) is 12.0 Å². The van der Waals surface area contributed by atoms with E-state index in [4.69, 9.17) is 13.7 Å². The van der Waals surface area contributed by atoms with Crippen LogP contribution in [0.3, 0.4) is 0 Å². The normalized spacial score (nSPS) is 25.9. The van der Waals surface area contributed by atoms with Gasteiger partial charge in [-0.25, -0.2) is 0 Å². The summed E-state index contributed by atoms with van der Waals surface area (Å²) in [5, 5.41) is 11.2. The molecule has 0 amide bonds. The molecule has 0 radical (unpaired) electrons. The minimum absolute atomic E-state index is 0.0236. The Morgan fingerprint density at radius 2 is 1.85 bits per heavy atom. The summed E-state index contributed by atoms with van der Waals surface area (Å²) >= 11 is 0. The van der Waals surface area contributed by atoms with E-state index in [2.05, 4.69) is 13.8 Å². The Morgan fingerprint density at radius 3 is 2.41 bits per heavy atom. The molecule has 1 N–H and O–H groups in total. The zero-order chi connectivity index (χ0) is 25.0. The van der Waals surface area contributed by atoms with Crippen LogP contribution in [0.4, 0.5) is 0 Å². The van der Waals surface area contributed by atoms with Gasteiger partial charge in [0.25, 0.3) is 0 Å². The molecule has 184 valence electrons. The monoisotopic (exact) mass is 488 g/mol. The van der Waals surface area contributed by atoms with Crippen LogP contribution in [-0.4, -0.2) is 38.1 Å². The Balaban J connectivity index is 1.89. The van der Waals surface area contributed by atoms with Crippen LogP contribution in [-0.2, 0) is 10.1 Å². The van der Waals surface area contributed by atoms with E-state index < -0.39 is 27.6 Å². The lowest BCUT2D eigenvalue weighted by Gasteiger charge is -2.44. The summed E-state index contributed by atoms with van der Waals surface area (Å²) in [6, 6.07) is 7.71. The number of Topliss-reactive ketones (excluding diaryl/α,β-unsaturated/α-hetero) is 1. The Bertz CT molecular complexity index is 1210. The number of carbonyl (C=O) groups is 1. The van der Waals surface area contributed by atoms with Crippen LogP contribution >= 0.6 is 0 Å². The molecule has 1 aliphatic heterocycles. The molecule has 4 atom stereocenters. The van der Waals surface area contributed by atoms with E-state index in [9.17, 15) is 18.3 Å². The van der Waals surface area contributed by atoms with E-state index in [1.54, 1.807) is 19.1 Å². The number of fused-ring (bicyclic) bond motifs is 3. The van der Waals surface area contributed by atoms with Gasteiger partial charge >= 0.3 is 10.1 Å². The van der Waals surface area contributed by atoms with Gasteiger partial charge in [0.05, 0.1) is 12.7 Å². The summed E-state index contributed by atoms with van der Waals surface area (Å²) in [5.41, 5.74) is 0.532. The fourth-order valence-electron chi connectivity index (χ4n) is 5.34. The fraction of sp³-hybridized carbons (Fsp3) is 0.500. The molecule has 0 spiro atoms. The lowest BCUT2D eigenvalue weighted by atomic mass is 9.65. The third kappa shape index (κ3) is 4.07. The number of hydrogen-bond acceptors (Lipinski definition) is 7. The van der Waals surface area contributed by atoms with E-state index in [1.807, 2.05) is 6.92 Å². The van der Waals surface area contributed by atoms with Crippen molar-refractivity contribution in [3.05, 3.63) is 47.0 Å². The zero-order valence-corrected chi connectivity index (χ0v) is 21.2. The molecular formula is C26H32O7S. The summed E-state index contributed by atoms with van der Waals surface area (Å²) in [7, 11) is -2.73. The lowest BCUT2D eigenvalue weighted by Crippen LogP contribution is -2.51. The number of ether oxygens (including phenoxy) is 2. The number of hydrogen-bond donors (Lipinski definition) is 1. The number of aryl methyl sites for hydroxylation is 1. The average molecular weight is 489 g/mol. The number of rotatable bonds is 6. The number of aliphatic hydroxyl groups is 1. The molecule has 34 heavy (non-hydrogen) atoms. The van der Waals surface area contributed by atoms with E-state index in [-0.39, 0.29) is 33.8 Å². The average Bonchev–Trinajstić information content (AvgIpc) is 3.14. The molecular weight excluding hydrogens is 456 g/mol. The van der Waals surface area contributed by atoms with Gasteiger partial charge in [-0.05, 0) is 57.6 Å². The van der Waals surface area contributed by atoms with Crippen LogP contribution in [0.2, 0.25) is 0 Å². The Labute approximate surface area is 201 Å². The van der Waals surface area contributed by atoms with Crippen molar-refractivity contribution in [2.45, 2.75) is 70.0 Å². The maximum absolute atomic E-state index is 13.0. The predicted molar refractivity (Wildman–Crippen MR) is 127 cm³/mol. The molecule has 1 saturated carbocycles. The smallest absolute Gasteiger partial charge is 0.339 e. The first kappa shape index (κ1) is 24.5. The first-order chi connectivity index (χ1) is 15.9. The molecule has 0 saturated heterocycles. The third-order valence-electron chi connectivity index (χ3n) is 7.15. The van der Waals surface area contributed by atoms with Crippen molar-refractivity contribution in [3.63, 3.8) is 0 Å². The summed E-state index contributed by atoms with van der Waals surface area (Å²) < 4.78 is 43.5. The van der Waals surface area contributed by atoms with Crippen LogP contribution in [0.25, 0.3) is 0 Å². The molecule has 1 fully saturated rings. The van der Waals surface area contributed by atoms with Crippen molar-refractivity contribution in [3.8, 4) is 17.2 Å². The molecule has 4 rings (SSSR count). The topological polar surface area (TPSA) is 99.1 Å². The molecule has 1 aliphatic carbocycles. The summed E-state index contributed by atoms with van der Waals surface area (Å²) in [6.07, 6.45) is 0.779. The van der Waals surface area contributed by atoms with Crippen molar-refractivity contribution in [2.75, 3.05) is 7.11 Å². The predicted octanol–water partition coefficient (Wildman–Crippen LogP) is 4.64. The Hall–Kier alpha value is -2.58. The molecule has 8 heteroatoms.